The first-order valence-electron chi connectivity index (χ1n) is 30.9. The number of para-hydroxylation sites is 1. The molecule has 0 N–H and O–H groups in total. The molecule has 1 heterocycles. The summed E-state index contributed by atoms with van der Waals surface area (Å²) in [5.74, 6) is 1.36. The summed E-state index contributed by atoms with van der Waals surface area (Å²) < 4.78 is 2.51. The minimum atomic E-state index is -0.556. The molecule has 0 amide bonds. The maximum Gasteiger partial charge on any atom is 0.0714 e. The summed E-state index contributed by atoms with van der Waals surface area (Å²) in [6.07, 6.45) is 10.6. The minimum Gasteiger partial charge on any atom is -0.309 e. The van der Waals surface area contributed by atoms with Crippen LogP contribution in [0.2, 0.25) is 0 Å². The van der Waals surface area contributed by atoms with Crippen molar-refractivity contribution < 1.29 is 0 Å². The zero-order valence-electron chi connectivity index (χ0n) is 47.9. The Bertz CT molecular complexity index is 4380. The van der Waals surface area contributed by atoms with Crippen LogP contribution in [0.15, 0.2) is 291 Å². The molecular weight excluding hydrogens is 1020 g/mol. The van der Waals surface area contributed by atoms with E-state index >= 15 is 0 Å². The topological polar surface area (TPSA) is 8.17 Å². The van der Waals surface area contributed by atoms with Crippen LogP contribution in [0.25, 0.3) is 83.1 Å². The molecule has 13 aromatic rings. The molecule has 0 aliphatic heterocycles. The van der Waals surface area contributed by atoms with Gasteiger partial charge in [0.05, 0.1) is 22.1 Å². The molecule has 2 saturated carbocycles. The van der Waals surface area contributed by atoms with Crippen molar-refractivity contribution in [2.24, 2.45) is 0 Å². The van der Waals surface area contributed by atoms with Crippen LogP contribution in [0.5, 0.6) is 0 Å². The molecule has 0 unspecified atom stereocenters. The lowest BCUT2D eigenvalue weighted by atomic mass is 9.67. The molecule has 408 valence electrons. The molecular formula is C83H66N2. The van der Waals surface area contributed by atoms with Crippen molar-refractivity contribution in [3.05, 3.63) is 325 Å². The molecule has 3 aliphatic carbocycles. The van der Waals surface area contributed by atoms with Crippen LogP contribution in [-0.4, -0.2) is 4.57 Å². The van der Waals surface area contributed by atoms with E-state index < -0.39 is 5.41 Å². The SMILES string of the molecule is c1ccc(-c2cccc(-c3ccccc3)c2N(c2ccc(-c3ccc(-c4ccc(-n5c6ccc(C7CCCC7)cc6c6cc(C7CCCC7)ccc65)cc4)cc3)cc2)c2ccc3c(c2)C(c2ccccc2)(c2ccccc2)c2ccccc2-3)cc1. The first-order chi connectivity index (χ1) is 42.2. The van der Waals surface area contributed by atoms with E-state index in [2.05, 4.69) is 301 Å². The fourth-order valence-electron chi connectivity index (χ4n) is 15.3. The van der Waals surface area contributed by atoms with E-state index in [1.165, 1.54) is 146 Å². The van der Waals surface area contributed by atoms with Crippen LogP contribution in [0, 0.1) is 0 Å². The van der Waals surface area contributed by atoms with Crippen LogP contribution in [-0.2, 0) is 5.41 Å². The molecule has 0 spiro atoms. The van der Waals surface area contributed by atoms with Crippen molar-refractivity contribution in [1.29, 1.82) is 0 Å². The Kier molecular flexibility index (Phi) is 12.9. The zero-order valence-corrected chi connectivity index (χ0v) is 47.9. The molecule has 0 bridgehead atoms. The highest BCUT2D eigenvalue weighted by atomic mass is 15.1. The summed E-state index contributed by atoms with van der Waals surface area (Å²) in [4.78, 5) is 2.52. The van der Waals surface area contributed by atoms with Gasteiger partial charge in [0.25, 0.3) is 0 Å². The van der Waals surface area contributed by atoms with Gasteiger partial charge < -0.3 is 9.47 Å². The molecule has 3 aliphatic rings. The van der Waals surface area contributed by atoms with E-state index in [1.54, 1.807) is 0 Å². The highest BCUT2D eigenvalue weighted by Gasteiger charge is 2.46. The second kappa shape index (κ2) is 21.5. The van der Waals surface area contributed by atoms with Crippen molar-refractivity contribution in [2.75, 3.05) is 4.90 Å². The number of anilines is 3. The van der Waals surface area contributed by atoms with Gasteiger partial charge in [-0.25, -0.2) is 0 Å². The Morgan fingerprint density at radius 3 is 1.22 bits per heavy atom. The summed E-state index contributed by atoms with van der Waals surface area (Å²) in [6, 6.07) is 110. The van der Waals surface area contributed by atoms with E-state index in [9.17, 15) is 0 Å². The lowest BCUT2D eigenvalue weighted by Gasteiger charge is -2.35. The largest absolute Gasteiger partial charge is 0.309 e. The molecule has 0 radical (unpaired) electrons. The maximum atomic E-state index is 2.55. The number of nitrogens with zero attached hydrogens (tertiary/aromatic N) is 2. The number of aromatic nitrogens is 1. The lowest BCUT2D eigenvalue weighted by Crippen LogP contribution is -2.28. The van der Waals surface area contributed by atoms with Crippen LogP contribution in [0.3, 0.4) is 0 Å². The van der Waals surface area contributed by atoms with Gasteiger partial charge in [0.15, 0.2) is 0 Å². The molecule has 2 fully saturated rings. The van der Waals surface area contributed by atoms with Gasteiger partial charge in [-0.2, -0.15) is 0 Å². The van der Waals surface area contributed by atoms with Gasteiger partial charge in [0.2, 0.25) is 0 Å². The standard InChI is InChI=1S/C83H66N2/c1-5-24-63(25-6-1)72-33-19-34-73(64-26-7-2-8-27-64)82(72)84(71-50-51-75-74-32-17-18-35-78(74)83(79(75)56-71,67-28-9-3-10-29-67)68-30-11-4-12-31-68)69-46-40-61(41-47-69)59-36-38-60(39-37-59)62-42-48-70(49-43-62)85-80-52-44-65(57-20-13-14-21-57)54-76(80)77-55-66(45-53-81(77)85)58-22-15-16-23-58/h1-12,17-19,24-58H,13-16,20-23H2. The van der Waals surface area contributed by atoms with Crippen molar-refractivity contribution in [3.8, 4) is 61.3 Å². The number of benzene rings is 12. The summed E-state index contributed by atoms with van der Waals surface area (Å²) in [5, 5.41) is 2.80. The Balaban J connectivity index is 0.783. The van der Waals surface area contributed by atoms with E-state index in [0.717, 1.165) is 39.3 Å². The Hall–Kier alpha value is -9.76. The minimum absolute atomic E-state index is 0.556. The third-order valence-corrected chi connectivity index (χ3v) is 19.4. The first-order valence-corrected chi connectivity index (χ1v) is 30.9. The van der Waals surface area contributed by atoms with Crippen molar-refractivity contribution in [2.45, 2.75) is 68.6 Å². The fourth-order valence-corrected chi connectivity index (χ4v) is 15.3. The smallest absolute Gasteiger partial charge is 0.0714 e. The quantitative estimate of drug-likeness (QED) is 0.118. The number of rotatable bonds is 12. The predicted octanol–water partition coefficient (Wildman–Crippen LogP) is 22.6. The van der Waals surface area contributed by atoms with Crippen LogP contribution < -0.4 is 4.90 Å². The Morgan fingerprint density at radius 2 is 0.718 bits per heavy atom. The number of fused-ring (bicyclic) bond motifs is 6. The summed E-state index contributed by atoms with van der Waals surface area (Å²) in [5.41, 5.74) is 26.6. The average Bonchev–Trinajstić information content (AvgIpc) is 2.06. The molecule has 0 atom stereocenters. The van der Waals surface area contributed by atoms with Gasteiger partial charge in [0, 0.05) is 39.0 Å². The van der Waals surface area contributed by atoms with E-state index in [-0.39, 0.29) is 0 Å². The van der Waals surface area contributed by atoms with Gasteiger partial charge in [-0.15, -0.1) is 0 Å². The Morgan fingerprint density at radius 1 is 0.306 bits per heavy atom. The highest BCUT2D eigenvalue weighted by molar-refractivity contribution is 6.10. The number of hydrogen-bond acceptors (Lipinski definition) is 1. The number of hydrogen-bond donors (Lipinski definition) is 0. The first kappa shape index (κ1) is 50.9. The van der Waals surface area contributed by atoms with Crippen molar-refractivity contribution in [1.82, 2.24) is 4.57 Å². The fraction of sp³-hybridized carbons (Fsp3) is 0.133. The van der Waals surface area contributed by atoms with E-state index in [4.69, 9.17) is 0 Å². The summed E-state index contributed by atoms with van der Waals surface area (Å²) in [6.45, 7) is 0. The third kappa shape index (κ3) is 8.77. The van der Waals surface area contributed by atoms with Crippen molar-refractivity contribution in [3.63, 3.8) is 0 Å². The maximum absolute atomic E-state index is 2.55. The summed E-state index contributed by atoms with van der Waals surface area (Å²) >= 11 is 0. The lowest BCUT2D eigenvalue weighted by molar-refractivity contribution is 0.724. The van der Waals surface area contributed by atoms with Gasteiger partial charge in [0.1, 0.15) is 0 Å². The third-order valence-electron chi connectivity index (χ3n) is 19.4. The second-order valence-electron chi connectivity index (χ2n) is 24.0. The van der Waals surface area contributed by atoms with Crippen molar-refractivity contribution >= 4 is 38.9 Å². The highest BCUT2D eigenvalue weighted by Crippen LogP contribution is 2.58. The Labute approximate surface area is 500 Å². The monoisotopic (exact) mass is 1090 g/mol. The van der Waals surface area contributed by atoms with Crippen LogP contribution >= 0.6 is 0 Å². The summed E-state index contributed by atoms with van der Waals surface area (Å²) in [7, 11) is 0. The molecule has 2 nitrogen and oxygen atoms in total. The van der Waals surface area contributed by atoms with Crippen LogP contribution in [0.1, 0.15) is 96.6 Å². The van der Waals surface area contributed by atoms with Crippen LogP contribution in [0.4, 0.5) is 17.1 Å². The normalized spacial score (nSPS) is 14.7. The molecule has 16 rings (SSSR count). The predicted molar refractivity (Wildman–Crippen MR) is 357 cm³/mol. The zero-order chi connectivity index (χ0) is 56.3. The second-order valence-corrected chi connectivity index (χ2v) is 24.0. The van der Waals surface area contributed by atoms with Gasteiger partial charge >= 0.3 is 0 Å². The molecule has 1 aromatic heterocycles. The molecule has 2 heteroatoms. The van der Waals surface area contributed by atoms with Gasteiger partial charge in [-0.1, -0.05) is 256 Å². The van der Waals surface area contributed by atoms with Gasteiger partial charge in [-0.05, 0) is 176 Å². The molecule has 12 aromatic carbocycles. The van der Waals surface area contributed by atoms with Gasteiger partial charge in [-0.3, -0.25) is 0 Å². The average molecular weight is 1090 g/mol. The molecule has 85 heavy (non-hydrogen) atoms. The molecule has 0 saturated heterocycles. The van der Waals surface area contributed by atoms with E-state index in [1.807, 2.05) is 0 Å². The van der Waals surface area contributed by atoms with E-state index in [0.29, 0.717) is 11.8 Å².